The van der Waals surface area contributed by atoms with E-state index >= 15 is 4.39 Å². The fraction of sp³-hybridized carbons (Fsp3) is 0.455. The van der Waals surface area contributed by atoms with Crippen LogP contribution in [-0.4, -0.2) is 132 Å². The van der Waals surface area contributed by atoms with Gasteiger partial charge >= 0.3 is 17.9 Å². The highest BCUT2D eigenvalue weighted by molar-refractivity contribution is 8.00. The van der Waals surface area contributed by atoms with Gasteiger partial charge in [0.05, 0.1) is 30.3 Å². The highest BCUT2D eigenvalue weighted by atomic mass is 32.2. The van der Waals surface area contributed by atoms with E-state index in [0.29, 0.717) is 29.6 Å². The van der Waals surface area contributed by atoms with Crippen molar-refractivity contribution in [2.75, 3.05) is 31.9 Å². The average molecular weight is 945 g/mol. The molecule has 3 rings (SSSR count). The van der Waals surface area contributed by atoms with E-state index in [0.717, 1.165) is 28.7 Å². The minimum atomic E-state index is -1.52. The number of carboxylic acids is 3. The number of thioether (sulfide) groups is 1. The number of aliphatic carboxylic acids is 3. The molecular formula is C44H58F2N8O11S. The van der Waals surface area contributed by atoms with Crippen LogP contribution in [0.15, 0.2) is 60.8 Å². The molecule has 66 heavy (non-hydrogen) atoms. The van der Waals surface area contributed by atoms with Crippen molar-refractivity contribution in [3.05, 3.63) is 83.7 Å². The largest absolute Gasteiger partial charge is 0.481 e. The number of benzene rings is 2. The molecule has 360 valence electrons. The lowest BCUT2D eigenvalue weighted by Gasteiger charge is -2.41. The third-order valence-corrected chi connectivity index (χ3v) is 11.7. The molecule has 5 amide bonds. The predicted molar refractivity (Wildman–Crippen MR) is 239 cm³/mol. The molecule has 0 aliphatic carbocycles. The first kappa shape index (κ1) is 53.9. The molecule has 19 nitrogen and oxygen atoms in total. The number of rotatable bonds is 26. The molecule has 11 N–H and O–H groups in total. The Balaban J connectivity index is 1.82. The first-order chi connectivity index (χ1) is 30.9. The lowest BCUT2D eigenvalue weighted by atomic mass is 9.82. The molecule has 0 aliphatic rings. The van der Waals surface area contributed by atoms with Gasteiger partial charge < -0.3 is 57.5 Å². The highest BCUT2D eigenvalue weighted by Crippen LogP contribution is 2.41. The van der Waals surface area contributed by atoms with Crippen molar-refractivity contribution < 1.29 is 62.5 Å². The van der Waals surface area contributed by atoms with Crippen molar-refractivity contribution >= 4 is 59.2 Å². The van der Waals surface area contributed by atoms with Crippen LogP contribution >= 0.6 is 11.8 Å². The number of carbonyl (C=O) groups is 8. The van der Waals surface area contributed by atoms with Crippen LogP contribution in [0.3, 0.4) is 0 Å². The van der Waals surface area contributed by atoms with Crippen LogP contribution < -0.4 is 27.8 Å². The summed E-state index contributed by atoms with van der Waals surface area (Å²) in [7, 11) is 0. The number of hydrogen-bond donors (Lipinski definition) is 8. The van der Waals surface area contributed by atoms with Crippen molar-refractivity contribution in [3.8, 4) is 11.1 Å². The van der Waals surface area contributed by atoms with Gasteiger partial charge in [-0.3, -0.25) is 38.4 Å². The minimum Gasteiger partial charge on any atom is -0.481 e. The third-order valence-electron chi connectivity index (χ3n) is 10.4. The first-order valence-electron chi connectivity index (χ1n) is 20.8. The molecule has 2 aromatic carbocycles. The van der Waals surface area contributed by atoms with E-state index in [-0.39, 0.29) is 36.7 Å². The molecular weight excluding hydrogens is 887 g/mol. The Morgan fingerprint density at radius 1 is 0.833 bits per heavy atom. The molecule has 1 heterocycles. The van der Waals surface area contributed by atoms with Gasteiger partial charge in [0, 0.05) is 68.3 Å². The number of halogens is 2. The van der Waals surface area contributed by atoms with Crippen LogP contribution in [-0.2, 0) is 44.9 Å². The van der Waals surface area contributed by atoms with E-state index in [2.05, 4.69) is 10.6 Å². The number of nitrogens with zero attached hydrogens (tertiary/aromatic N) is 3. The molecule has 0 aliphatic heterocycles. The predicted octanol–water partition coefficient (Wildman–Crippen LogP) is 1.90. The Hall–Kier alpha value is -6.39. The molecule has 0 radical (unpaired) electrons. The summed E-state index contributed by atoms with van der Waals surface area (Å²) in [5, 5.41) is 31.1. The topological polar surface area (TPSA) is 311 Å². The van der Waals surface area contributed by atoms with E-state index in [9.17, 15) is 53.0 Å². The summed E-state index contributed by atoms with van der Waals surface area (Å²) in [6.07, 6.45) is -0.167. The van der Waals surface area contributed by atoms with Gasteiger partial charge in [0.2, 0.25) is 29.5 Å². The second-order valence-electron chi connectivity index (χ2n) is 16.6. The van der Waals surface area contributed by atoms with Gasteiger partial charge in [-0.25, -0.2) is 8.78 Å². The van der Waals surface area contributed by atoms with Crippen molar-refractivity contribution in [3.63, 3.8) is 0 Å². The number of carbonyl (C=O) groups excluding carboxylic acids is 5. The van der Waals surface area contributed by atoms with Gasteiger partial charge in [-0.05, 0) is 48.1 Å². The number of nitrogens with two attached hydrogens (primary N) is 3. The minimum absolute atomic E-state index is 0.0249. The van der Waals surface area contributed by atoms with Gasteiger partial charge in [-0.2, -0.15) is 0 Å². The summed E-state index contributed by atoms with van der Waals surface area (Å²) in [6, 6.07) is 9.38. The van der Waals surface area contributed by atoms with Crippen LogP contribution in [0.5, 0.6) is 0 Å². The number of primary amides is 1. The lowest BCUT2D eigenvalue weighted by Crippen LogP contribution is -2.54. The molecule has 22 heteroatoms. The first-order valence-corrected chi connectivity index (χ1v) is 21.9. The van der Waals surface area contributed by atoms with Crippen LogP contribution in [0.2, 0.25) is 0 Å². The second kappa shape index (κ2) is 24.8. The number of carboxylic acid groups (broad SMARTS) is 3. The van der Waals surface area contributed by atoms with Gasteiger partial charge in [0.1, 0.15) is 23.7 Å². The Morgan fingerprint density at radius 2 is 1.50 bits per heavy atom. The third kappa shape index (κ3) is 16.2. The van der Waals surface area contributed by atoms with Crippen molar-refractivity contribution in [2.45, 2.75) is 89.3 Å². The number of amides is 5. The Labute approximate surface area is 384 Å². The van der Waals surface area contributed by atoms with Gasteiger partial charge in [-0.1, -0.05) is 51.1 Å². The van der Waals surface area contributed by atoms with Crippen molar-refractivity contribution in [1.29, 1.82) is 0 Å². The van der Waals surface area contributed by atoms with Crippen LogP contribution in [0.4, 0.5) is 8.78 Å². The van der Waals surface area contributed by atoms with E-state index in [1.807, 2.05) is 55.7 Å². The normalized spacial score (nSPS) is 13.6. The summed E-state index contributed by atoms with van der Waals surface area (Å²) in [5.74, 6) is -9.83. The zero-order valence-corrected chi connectivity index (χ0v) is 37.9. The summed E-state index contributed by atoms with van der Waals surface area (Å²) in [4.78, 5) is 102. The van der Waals surface area contributed by atoms with Crippen molar-refractivity contribution in [1.82, 2.24) is 25.0 Å². The molecule has 5 unspecified atom stereocenters. The Morgan fingerprint density at radius 3 is 2.08 bits per heavy atom. The van der Waals surface area contributed by atoms with Crippen LogP contribution in [0, 0.1) is 17.0 Å². The fourth-order valence-corrected chi connectivity index (χ4v) is 8.22. The number of nitrogens with one attached hydrogen (secondary N) is 2. The summed E-state index contributed by atoms with van der Waals surface area (Å²) in [5.41, 5.74) is 18.6. The lowest BCUT2D eigenvalue weighted by molar-refractivity contribution is -0.142. The maximum absolute atomic E-state index is 15.1. The average Bonchev–Trinajstić information content (AvgIpc) is 3.63. The number of aromatic nitrogens is 1. The monoisotopic (exact) mass is 944 g/mol. The van der Waals surface area contributed by atoms with E-state index < -0.39 is 120 Å². The molecule has 0 saturated heterocycles. The highest BCUT2D eigenvalue weighted by Gasteiger charge is 2.37. The standard InChI is InChI=1S/C44H58F2N8O11S/c1-25(55)53(39(44(2,3)4)34-18-27(29-19-28(45)10-11-30(29)46)23-52(34)22-26-8-6-5-7-9-26)16-14-31(47)41(62)50-15-17-54(33(40(49)61)12-13-37(57)58)36(56)21-51-42(63)35(20-38(59)60)66-24-32(48)43(64)65/h5-11,18-19,23,31-33,35,39H,12-17,20-22,24,47-48H2,1-4H3,(H2,49,61)(H,50,62)(H,51,63)(H,57,58)(H,59,60)(H,64,65). The Bertz CT molecular complexity index is 2220. The van der Waals surface area contributed by atoms with Crippen molar-refractivity contribution in [2.24, 2.45) is 22.6 Å². The molecule has 0 spiro atoms. The van der Waals surface area contributed by atoms with Crippen LogP contribution in [0.25, 0.3) is 11.1 Å². The molecule has 3 aromatic rings. The van der Waals surface area contributed by atoms with Gasteiger partial charge in [0.25, 0.3) is 0 Å². The van der Waals surface area contributed by atoms with Gasteiger partial charge in [-0.15, -0.1) is 11.8 Å². The molecule has 0 saturated carbocycles. The molecule has 0 bridgehead atoms. The zero-order chi connectivity index (χ0) is 49.5. The maximum atomic E-state index is 15.1. The SMILES string of the molecule is CC(=O)N(CCC(N)C(=O)NCCN(C(=O)CNC(=O)C(CC(=O)O)SCC(N)C(=O)O)C(CCC(=O)O)C(N)=O)C(c1cc(-c2cc(F)ccc2F)cn1Cc1ccccc1)C(C)(C)C. The summed E-state index contributed by atoms with van der Waals surface area (Å²) < 4.78 is 31.4. The van der Waals surface area contributed by atoms with E-state index in [1.165, 1.54) is 6.92 Å². The molecule has 5 atom stereocenters. The summed E-state index contributed by atoms with van der Waals surface area (Å²) >= 11 is 0.638. The van der Waals surface area contributed by atoms with E-state index in [1.54, 1.807) is 17.2 Å². The van der Waals surface area contributed by atoms with Crippen LogP contribution in [0.1, 0.15) is 70.7 Å². The molecule has 1 aromatic heterocycles. The smallest absolute Gasteiger partial charge is 0.321 e. The van der Waals surface area contributed by atoms with Gasteiger partial charge in [0.15, 0.2) is 0 Å². The fourth-order valence-electron chi connectivity index (χ4n) is 7.14. The Kier molecular flexibility index (Phi) is 20.2. The molecule has 0 fully saturated rings. The van der Waals surface area contributed by atoms with E-state index in [4.69, 9.17) is 22.3 Å². The quantitative estimate of drug-likeness (QED) is 0.0571. The summed E-state index contributed by atoms with van der Waals surface area (Å²) in [6.45, 7) is 5.75. The number of hydrogen-bond acceptors (Lipinski definition) is 11. The zero-order valence-electron chi connectivity index (χ0n) is 37.1. The maximum Gasteiger partial charge on any atom is 0.321 e. The second-order valence-corrected chi connectivity index (χ2v) is 17.8.